The van der Waals surface area contributed by atoms with Crippen LogP contribution in [-0.4, -0.2) is 24.3 Å². The van der Waals surface area contributed by atoms with Crippen LogP contribution in [0.15, 0.2) is 10.9 Å². The van der Waals surface area contributed by atoms with Crippen LogP contribution in [0.25, 0.3) is 0 Å². The molecule has 6 nitrogen and oxygen atoms in total. The Kier molecular flexibility index (Phi) is 6.63. The quantitative estimate of drug-likeness (QED) is 0.562. The fourth-order valence-electron chi connectivity index (χ4n) is 1.93. The fourth-order valence-corrected chi connectivity index (χ4v) is 1.93. The topological polar surface area (TPSA) is 81.3 Å². The summed E-state index contributed by atoms with van der Waals surface area (Å²) in [6, 6.07) is 3.56. The zero-order valence-corrected chi connectivity index (χ0v) is 12.6. The molecule has 0 N–H and O–H groups in total. The predicted molar refractivity (Wildman–Crippen MR) is 76.7 cm³/mol. The van der Waals surface area contributed by atoms with Crippen molar-refractivity contribution in [1.82, 2.24) is 4.57 Å². The molecule has 1 rings (SSSR count). The summed E-state index contributed by atoms with van der Waals surface area (Å²) in [6.07, 6.45) is 1.71. The molecular weight excluding hydrogens is 272 g/mol. The van der Waals surface area contributed by atoms with Gasteiger partial charge < -0.3 is 14.0 Å². The molecule has 0 amide bonds. The van der Waals surface area contributed by atoms with Gasteiger partial charge in [-0.05, 0) is 19.4 Å². The summed E-state index contributed by atoms with van der Waals surface area (Å²) in [5.41, 5.74) is 0.636. The zero-order chi connectivity index (χ0) is 15.8. The van der Waals surface area contributed by atoms with Crippen molar-refractivity contribution < 1.29 is 14.3 Å². The first kappa shape index (κ1) is 16.9. The Morgan fingerprint density at radius 2 is 2.19 bits per heavy atom. The highest BCUT2D eigenvalue weighted by Crippen LogP contribution is 2.08. The number of ether oxygens (including phenoxy) is 2. The lowest BCUT2D eigenvalue weighted by Crippen LogP contribution is -2.30. The summed E-state index contributed by atoms with van der Waals surface area (Å²) < 4.78 is 11.3. The number of hydrogen-bond donors (Lipinski definition) is 0. The van der Waals surface area contributed by atoms with E-state index in [4.69, 9.17) is 14.7 Å². The second kappa shape index (κ2) is 8.22. The predicted octanol–water partition coefficient (Wildman–Crippen LogP) is 1.52. The van der Waals surface area contributed by atoms with Gasteiger partial charge in [0.25, 0.3) is 5.56 Å². The van der Waals surface area contributed by atoms with Gasteiger partial charge in [-0.25, -0.2) is 0 Å². The van der Waals surface area contributed by atoms with E-state index in [2.05, 4.69) is 0 Å². The van der Waals surface area contributed by atoms with Crippen LogP contribution in [0.4, 0.5) is 0 Å². The average molecular weight is 292 g/mol. The molecule has 6 heteroatoms. The van der Waals surface area contributed by atoms with Crippen LogP contribution in [0.5, 0.6) is 0 Å². The standard InChI is InChI=1S/C15H20N2O4/c1-4-5-6-21-14(18)9-17-11(2)7-12(10-20-3)13(8-16)15(17)19/h7H,4-6,9-10H2,1-3H3. The van der Waals surface area contributed by atoms with Crippen LogP contribution in [0.3, 0.4) is 0 Å². The molecule has 0 saturated carbocycles. The molecule has 0 atom stereocenters. The minimum absolute atomic E-state index is 0.00353. The van der Waals surface area contributed by atoms with Gasteiger partial charge in [-0.3, -0.25) is 9.59 Å². The summed E-state index contributed by atoms with van der Waals surface area (Å²) in [7, 11) is 1.49. The van der Waals surface area contributed by atoms with E-state index in [0.717, 1.165) is 12.8 Å². The summed E-state index contributed by atoms with van der Waals surface area (Å²) in [5.74, 6) is -0.475. The highest BCUT2D eigenvalue weighted by atomic mass is 16.5. The third-order valence-corrected chi connectivity index (χ3v) is 3.05. The molecule has 0 unspecified atom stereocenters. The van der Waals surface area contributed by atoms with Crippen LogP contribution >= 0.6 is 0 Å². The van der Waals surface area contributed by atoms with Crippen LogP contribution in [0.1, 0.15) is 36.6 Å². The van der Waals surface area contributed by atoms with Gasteiger partial charge in [0.1, 0.15) is 18.2 Å². The molecule has 1 heterocycles. The van der Waals surface area contributed by atoms with Crippen LogP contribution in [0, 0.1) is 18.3 Å². The molecule has 114 valence electrons. The van der Waals surface area contributed by atoms with Gasteiger partial charge in [0, 0.05) is 18.4 Å². The molecule has 0 saturated heterocycles. The van der Waals surface area contributed by atoms with E-state index < -0.39 is 11.5 Å². The van der Waals surface area contributed by atoms with Crippen LogP contribution in [0.2, 0.25) is 0 Å². The maximum atomic E-state index is 12.3. The van der Waals surface area contributed by atoms with Crippen molar-refractivity contribution in [2.45, 2.75) is 39.8 Å². The third kappa shape index (κ3) is 4.43. The Labute approximate surface area is 123 Å². The summed E-state index contributed by atoms with van der Waals surface area (Å²) in [6.45, 7) is 4.05. The SMILES string of the molecule is CCCCOC(=O)Cn1c(C)cc(COC)c(C#N)c1=O. The molecule has 0 aliphatic heterocycles. The lowest BCUT2D eigenvalue weighted by atomic mass is 10.1. The third-order valence-electron chi connectivity index (χ3n) is 3.05. The number of methoxy groups -OCH3 is 1. The van der Waals surface area contributed by atoms with E-state index in [0.29, 0.717) is 17.9 Å². The van der Waals surface area contributed by atoms with Crippen molar-refractivity contribution in [2.24, 2.45) is 0 Å². The van der Waals surface area contributed by atoms with Crippen LogP contribution < -0.4 is 5.56 Å². The monoisotopic (exact) mass is 292 g/mol. The van der Waals surface area contributed by atoms with Gasteiger partial charge >= 0.3 is 5.97 Å². The molecule has 0 radical (unpaired) electrons. The van der Waals surface area contributed by atoms with Crippen molar-refractivity contribution in [2.75, 3.05) is 13.7 Å². The molecule has 1 aromatic rings. The number of nitriles is 1. The number of esters is 1. The number of carbonyl (C=O) groups excluding carboxylic acids is 1. The lowest BCUT2D eigenvalue weighted by Gasteiger charge is -2.12. The minimum Gasteiger partial charge on any atom is -0.464 e. The van der Waals surface area contributed by atoms with E-state index in [1.54, 1.807) is 13.0 Å². The number of hydrogen-bond acceptors (Lipinski definition) is 5. The van der Waals surface area contributed by atoms with E-state index in [1.807, 2.05) is 13.0 Å². The normalized spacial score (nSPS) is 10.2. The molecule has 0 aliphatic rings. The molecule has 0 aliphatic carbocycles. The molecule has 0 bridgehead atoms. The second-order valence-corrected chi connectivity index (χ2v) is 4.70. The molecule has 21 heavy (non-hydrogen) atoms. The molecule has 0 aromatic carbocycles. The van der Waals surface area contributed by atoms with Gasteiger partial charge in [-0.15, -0.1) is 0 Å². The Balaban J connectivity index is 3.01. The van der Waals surface area contributed by atoms with Crippen LogP contribution in [-0.2, 0) is 27.4 Å². The minimum atomic E-state index is -0.489. The smallest absolute Gasteiger partial charge is 0.326 e. The average Bonchev–Trinajstić information content (AvgIpc) is 2.44. The summed E-state index contributed by atoms with van der Waals surface area (Å²) >= 11 is 0. The molecule has 1 aromatic heterocycles. The maximum Gasteiger partial charge on any atom is 0.326 e. The van der Waals surface area contributed by atoms with Gasteiger partial charge in [0.2, 0.25) is 0 Å². The highest BCUT2D eigenvalue weighted by molar-refractivity contribution is 5.69. The van der Waals surface area contributed by atoms with E-state index in [9.17, 15) is 9.59 Å². The number of aryl methyl sites for hydroxylation is 1. The van der Waals surface area contributed by atoms with Crippen molar-refractivity contribution in [3.63, 3.8) is 0 Å². The Bertz CT molecular complexity index is 599. The number of pyridine rings is 1. The number of unbranched alkanes of at least 4 members (excludes halogenated alkanes) is 1. The fraction of sp³-hybridized carbons (Fsp3) is 0.533. The van der Waals surface area contributed by atoms with Crippen molar-refractivity contribution in [3.05, 3.63) is 33.2 Å². The summed E-state index contributed by atoms with van der Waals surface area (Å²) in [5, 5.41) is 9.11. The number of carbonyl (C=O) groups is 1. The Morgan fingerprint density at radius 1 is 1.48 bits per heavy atom. The number of nitrogens with zero attached hydrogens (tertiary/aromatic N) is 2. The van der Waals surface area contributed by atoms with Gasteiger partial charge in [0.05, 0.1) is 13.2 Å². The van der Waals surface area contributed by atoms with E-state index >= 15 is 0 Å². The Morgan fingerprint density at radius 3 is 2.76 bits per heavy atom. The Hall–Kier alpha value is -2.13. The zero-order valence-electron chi connectivity index (χ0n) is 12.6. The van der Waals surface area contributed by atoms with Gasteiger partial charge in [0.15, 0.2) is 0 Å². The van der Waals surface area contributed by atoms with Gasteiger partial charge in [-0.1, -0.05) is 13.3 Å². The van der Waals surface area contributed by atoms with Gasteiger partial charge in [-0.2, -0.15) is 5.26 Å². The lowest BCUT2D eigenvalue weighted by molar-refractivity contribution is -0.144. The number of rotatable bonds is 7. The van der Waals surface area contributed by atoms with Crippen molar-refractivity contribution in [1.29, 1.82) is 5.26 Å². The van der Waals surface area contributed by atoms with Crippen molar-refractivity contribution >= 4 is 5.97 Å². The second-order valence-electron chi connectivity index (χ2n) is 4.70. The first-order valence-electron chi connectivity index (χ1n) is 6.83. The first-order chi connectivity index (χ1) is 10.0. The van der Waals surface area contributed by atoms with E-state index in [-0.39, 0.29) is 18.7 Å². The maximum absolute atomic E-state index is 12.3. The largest absolute Gasteiger partial charge is 0.464 e. The molecule has 0 spiro atoms. The molecule has 0 fully saturated rings. The molecular formula is C15H20N2O4. The van der Waals surface area contributed by atoms with E-state index in [1.165, 1.54) is 11.7 Å². The first-order valence-corrected chi connectivity index (χ1v) is 6.83. The summed E-state index contributed by atoms with van der Waals surface area (Å²) in [4.78, 5) is 24.0. The van der Waals surface area contributed by atoms with Crippen molar-refractivity contribution in [3.8, 4) is 6.07 Å². The highest BCUT2D eigenvalue weighted by Gasteiger charge is 2.15. The number of aromatic nitrogens is 1.